The van der Waals surface area contributed by atoms with Crippen LogP contribution in [0.15, 0.2) is 73.9 Å². The number of imidazole rings is 1. The van der Waals surface area contributed by atoms with Crippen molar-refractivity contribution in [2.24, 2.45) is 10.8 Å². The Hall–Kier alpha value is -2.92. The molecule has 0 radical (unpaired) electrons. The summed E-state index contributed by atoms with van der Waals surface area (Å²) >= 11 is 0. The maximum absolute atomic E-state index is 13.0. The van der Waals surface area contributed by atoms with E-state index in [9.17, 15) is 9.90 Å². The number of rotatable bonds is 7. The second kappa shape index (κ2) is 7.89. The highest BCUT2D eigenvalue weighted by molar-refractivity contribution is 5.85. The van der Waals surface area contributed by atoms with Crippen molar-refractivity contribution in [1.29, 1.82) is 0 Å². The van der Waals surface area contributed by atoms with E-state index in [0.29, 0.717) is 12.1 Å². The molecule has 3 fully saturated rings. The zero-order chi connectivity index (χ0) is 22.3. The van der Waals surface area contributed by atoms with Gasteiger partial charge in [0.2, 0.25) is 5.91 Å². The molecule has 0 spiro atoms. The number of fused-ring (bicyclic) bond motifs is 6. The summed E-state index contributed by atoms with van der Waals surface area (Å²) in [6, 6.07) is 8.55. The highest BCUT2D eigenvalue weighted by atomic mass is 16.3. The molecule has 5 heteroatoms. The summed E-state index contributed by atoms with van der Waals surface area (Å²) < 4.78 is 2.20. The van der Waals surface area contributed by atoms with E-state index in [4.69, 9.17) is 0 Å². The van der Waals surface area contributed by atoms with E-state index in [-0.39, 0.29) is 22.8 Å². The van der Waals surface area contributed by atoms with E-state index >= 15 is 0 Å². The third-order valence-corrected chi connectivity index (χ3v) is 8.24. The summed E-state index contributed by atoms with van der Waals surface area (Å²) in [5, 5.41) is 14.5. The molecule has 5 nitrogen and oxygen atoms in total. The Morgan fingerprint density at radius 2 is 1.97 bits per heavy atom. The van der Waals surface area contributed by atoms with E-state index in [1.54, 1.807) is 18.2 Å². The smallest absolute Gasteiger partial charge is 0.230 e. The Bertz CT molecular complexity index is 1070. The van der Waals surface area contributed by atoms with Crippen LogP contribution >= 0.6 is 0 Å². The van der Waals surface area contributed by atoms with Crippen LogP contribution in [0.25, 0.3) is 11.3 Å². The average Bonchev–Trinajstić information content (AvgIpc) is 3.41. The van der Waals surface area contributed by atoms with Gasteiger partial charge < -0.3 is 15.0 Å². The summed E-state index contributed by atoms with van der Waals surface area (Å²) in [7, 11) is 0. The van der Waals surface area contributed by atoms with Crippen molar-refractivity contribution in [2.45, 2.75) is 57.1 Å². The predicted octanol–water partition coefficient (Wildman–Crippen LogP) is 4.92. The molecule has 3 saturated carbocycles. The molecule has 2 heterocycles. The lowest BCUT2D eigenvalue weighted by atomic mass is 9.51. The van der Waals surface area contributed by atoms with Gasteiger partial charge in [0, 0.05) is 16.7 Å². The maximum atomic E-state index is 13.0. The van der Waals surface area contributed by atoms with Crippen molar-refractivity contribution in [1.82, 2.24) is 14.9 Å². The van der Waals surface area contributed by atoms with E-state index in [0.717, 1.165) is 44.2 Å². The molecule has 2 bridgehead atoms. The minimum atomic E-state index is -0.402. The Kier molecular flexibility index (Phi) is 5.17. The topological polar surface area (TPSA) is 67.2 Å². The Morgan fingerprint density at radius 3 is 2.69 bits per heavy atom. The molecule has 166 valence electrons. The van der Waals surface area contributed by atoms with Crippen molar-refractivity contribution in [3.8, 4) is 11.3 Å². The van der Waals surface area contributed by atoms with Gasteiger partial charge in [0.05, 0.1) is 30.4 Å². The molecule has 2 unspecified atom stereocenters. The number of amides is 1. The minimum absolute atomic E-state index is 0.0757. The minimum Gasteiger partial charge on any atom is -0.392 e. The zero-order valence-electron chi connectivity index (χ0n) is 18.5. The summed E-state index contributed by atoms with van der Waals surface area (Å²) in [5.74, 6) is 0.0757. The zero-order valence-corrected chi connectivity index (χ0v) is 18.5. The Labute approximate surface area is 189 Å². The van der Waals surface area contributed by atoms with Crippen molar-refractivity contribution in [2.75, 3.05) is 0 Å². The quantitative estimate of drug-likeness (QED) is 0.614. The van der Waals surface area contributed by atoms with Crippen LogP contribution in [0.4, 0.5) is 0 Å². The monoisotopic (exact) mass is 429 g/mol. The van der Waals surface area contributed by atoms with Crippen LogP contribution in [0.3, 0.4) is 0 Å². The number of aliphatic hydroxyl groups is 1. The molecule has 2 aromatic rings. The highest BCUT2D eigenvalue weighted by Crippen LogP contribution is 2.59. The fraction of sp³-hybridized carbons (Fsp3) is 0.407. The van der Waals surface area contributed by atoms with Crippen LogP contribution in [-0.4, -0.2) is 26.7 Å². The predicted molar refractivity (Wildman–Crippen MR) is 126 cm³/mol. The third-order valence-electron chi connectivity index (χ3n) is 8.24. The van der Waals surface area contributed by atoms with Crippen molar-refractivity contribution < 1.29 is 9.90 Å². The lowest BCUT2D eigenvalue weighted by Gasteiger charge is -2.54. The Morgan fingerprint density at radius 1 is 1.25 bits per heavy atom. The second-order valence-corrected chi connectivity index (χ2v) is 9.76. The number of aliphatic hydroxyl groups excluding tert-OH is 1. The van der Waals surface area contributed by atoms with Crippen molar-refractivity contribution >= 4 is 5.91 Å². The normalized spacial score (nSPS) is 28.8. The molecular formula is C27H31N3O2. The molecule has 1 aliphatic heterocycles. The van der Waals surface area contributed by atoms with Gasteiger partial charge in [-0.3, -0.25) is 4.79 Å². The van der Waals surface area contributed by atoms with Gasteiger partial charge in [0.25, 0.3) is 0 Å². The fourth-order valence-corrected chi connectivity index (χ4v) is 6.19. The van der Waals surface area contributed by atoms with Gasteiger partial charge in [0.15, 0.2) is 0 Å². The molecule has 2 atom stereocenters. The molecule has 1 amide bonds. The number of benzene rings is 1. The van der Waals surface area contributed by atoms with Gasteiger partial charge in [-0.25, -0.2) is 4.98 Å². The SMILES string of the molecule is C=C/C=C\C(=C)NC(=O)C12CCC(C(O)CC3c4ccccc4-c4cncn43)(CC1)CC2. The first-order valence-corrected chi connectivity index (χ1v) is 11.6. The van der Waals surface area contributed by atoms with E-state index in [2.05, 4.69) is 52.3 Å². The standard InChI is InChI=1S/C27H31N3O2/c1-3-4-7-19(2)29-25(32)27-13-10-26(11-14-27,12-15-27)24(31)16-22-20-8-5-6-9-21(20)23-17-28-18-30(22)23/h3-9,17-18,22,24,31H,1-2,10-16H2,(H,29,32)/b7-4-. The molecular weight excluding hydrogens is 398 g/mol. The molecule has 4 aliphatic rings. The average molecular weight is 430 g/mol. The number of carbonyl (C=O) groups excluding carboxylic acids is 1. The van der Waals surface area contributed by atoms with Crippen LogP contribution in [0.2, 0.25) is 0 Å². The van der Waals surface area contributed by atoms with Crippen molar-refractivity contribution in [3.05, 3.63) is 79.4 Å². The molecule has 2 N–H and O–H groups in total. The van der Waals surface area contributed by atoms with Gasteiger partial charge in [-0.15, -0.1) is 0 Å². The lowest BCUT2D eigenvalue weighted by Crippen LogP contribution is -2.53. The molecule has 0 saturated heterocycles. The van der Waals surface area contributed by atoms with Gasteiger partial charge in [-0.1, -0.05) is 49.6 Å². The van der Waals surface area contributed by atoms with Gasteiger partial charge in [-0.05, 0) is 62.0 Å². The number of nitrogens with one attached hydrogen (secondary N) is 1. The first kappa shape index (κ1) is 21.0. The second-order valence-electron chi connectivity index (χ2n) is 9.76. The summed E-state index contributed by atoms with van der Waals surface area (Å²) in [6.45, 7) is 7.57. The molecule has 1 aromatic carbocycles. The number of hydrogen-bond acceptors (Lipinski definition) is 3. The van der Waals surface area contributed by atoms with E-state index in [1.165, 1.54) is 11.1 Å². The van der Waals surface area contributed by atoms with Gasteiger partial charge in [0.1, 0.15) is 0 Å². The lowest BCUT2D eigenvalue weighted by molar-refractivity contribution is -0.147. The molecule has 32 heavy (non-hydrogen) atoms. The van der Waals surface area contributed by atoms with Crippen molar-refractivity contribution in [3.63, 3.8) is 0 Å². The largest absolute Gasteiger partial charge is 0.392 e. The fourth-order valence-electron chi connectivity index (χ4n) is 6.19. The Balaban J connectivity index is 1.28. The van der Waals surface area contributed by atoms with Crippen LogP contribution in [-0.2, 0) is 4.79 Å². The first-order chi connectivity index (χ1) is 15.5. The summed E-state index contributed by atoms with van der Waals surface area (Å²) in [5.41, 5.74) is 3.79. The highest BCUT2D eigenvalue weighted by Gasteiger charge is 2.55. The number of nitrogens with zero attached hydrogens (tertiary/aromatic N) is 2. The maximum Gasteiger partial charge on any atom is 0.230 e. The third kappa shape index (κ3) is 3.27. The number of aromatic nitrogens is 2. The first-order valence-electron chi connectivity index (χ1n) is 11.6. The van der Waals surface area contributed by atoms with Gasteiger partial charge >= 0.3 is 0 Å². The van der Waals surface area contributed by atoms with Gasteiger partial charge in [-0.2, -0.15) is 0 Å². The van der Waals surface area contributed by atoms with E-state index < -0.39 is 6.10 Å². The van der Waals surface area contributed by atoms with Crippen LogP contribution in [0.1, 0.15) is 56.6 Å². The number of hydrogen-bond donors (Lipinski definition) is 2. The molecule has 1 aromatic heterocycles. The summed E-state index contributed by atoms with van der Waals surface area (Å²) in [4.78, 5) is 17.4. The molecule has 6 rings (SSSR count). The number of carbonyl (C=O) groups is 1. The number of allylic oxidation sites excluding steroid dienone is 3. The van der Waals surface area contributed by atoms with E-state index in [1.807, 2.05) is 12.5 Å². The summed E-state index contributed by atoms with van der Waals surface area (Å²) in [6.07, 6.45) is 14.4. The van der Waals surface area contributed by atoms with Crippen LogP contribution < -0.4 is 5.32 Å². The molecule has 3 aliphatic carbocycles. The van der Waals surface area contributed by atoms with Crippen LogP contribution in [0.5, 0.6) is 0 Å². The van der Waals surface area contributed by atoms with Crippen LogP contribution in [0, 0.1) is 10.8 Å².